The number of allylic oxidation sites excluding steroid dienone is 21. The zero-order valence-corrected chi connectivity index (χ0v) is 53.7. The monoisotopic (exact) mass is 1190 g/mol. The van der Waals surface area contributed by atoms with Crippen molar-refractivity contribution in [3.05, 3.63) is 134 Å². The van der Waals surface area contributed by atoms with Crippen LogP contribution in [0.4, 0.5) is 0 Å². The molecule has 1 amide bonds. The fraction of sp³-hybridized carbons (Fsp3) is 0.676. The number of aliphatic hydroxyl groups is 5. The Morgan fingerprint density at radius 2 is 0.847 bits per heavy atom. The van der Waals surface area contributed by atoms with E-state index in [9.17, 15) is 35.1 Å². The van der Waals surface area contributed by atoms with Gasteiger partial charge >= 0.3 is 5.97 Å². The predicted molar refractivity (Wildman–Crippen MR) is 356 cm³/mol. The third-order valence-corrected chi connectivity index (χ3v) is 15.1. The normalized spacial score (nSPS) is 19.3. The molecule has 0 saturated carbocycles. The van der Waals surface area contributed by atoms with E-state index in [1.807, 2.05) is 18.2 Å². The predicted octanol–water partition coefficient (Wildman–Crippen LogP) is 17.2. The molecule has 0 aromatic rings. The molecule has 85 heavy (non-hydrogen) atoms. The van der Waals surface area contributed by atoms with Crippen LogP contribution in [0.15, 0.2) is 134 Å². The highest BCUT2D eigenvalue weighted by Crippen LogP contribution is 2.26. The summed E-state index contributed by atoms with van der Waals surface area (Å²) in [6, 6.07) is -1.06. The zero-order valence-electron chi connectivity index (χ0n) is 53.7. The van der Waals surface area contributed by atoms with E-state index in [0.717, 1.165) is 122 Å². The van der Waals surface area contributed by atoms with E-state index < -0.39 is 67.4 Å². The Hall–Kier alpha value is -4.20. The Morgan fingerprint density at radius 1 is 0.471 bits per heavy atom. The number of rotatable bonds is 56. The number of amides is 1. The van der Waals surface area contributed by atoms with Gasteiger partial charge in [-0.1, -0.05) is 276 Å². The van der Waals surface area contributed by atoms with Crippen molar-refractivity contribution in [1.29, 1.82) is 0 Å². The van der Waals surface area contributed by atoms with E-state index in [1.54, 1.807) is 6.08 Å². The fourth-order valence-electron chi connectivity index (χ4n) is 9.77. The Balaban J connectivity index is 2.62. The zero-order chi connectivity index (χ0) is 61.7. The van der Waals surface area contributed by atoms with Crippen LogP contribution in [0.1, 0.15) is 258 Å². The lowest BCUT2D eigenvalue weighted by Crippen LogP contribution is -2.61. The van der Waals surface area contributed by atoms with E-state index in [1.165, 1.54) is 89.9 Å². The summed E-state index contributed by atoms with van der Waals surface area (Å²) >= 11 is 0. The topological polar surface area (TPSA) is 175 Å². The van der Waals surface area contributed by atoms with Gasteiger partial charge in [-0.3, -0.25) is 9.59 Å². The molecule has 8 atom stereocenters. The van der Waals surface area contributed by atoms with Gasteiger partial charge in [0.2, 0.25) is 5.91 Å². The summed E-state index contributed by atoms with van der Waals surface area (Å²) in [5.41, 5.74) is 0. The second-order valence-electron chi connectivity index (χ2n) is 22.8. The number of unbranched alkanes of at least 4 members (excludes halogenated alkanes) is 22. The summed E-state index contributed by atoms with van der Waals surface area (Å²) in [6.45, 7) is 5.53. The molecular formula is C74H123NO10. The van der Waals surface area contributed by atoms with Crippen molar-refractivity contribution in [3.63, 3.8) is 0 Å². The molecule has 0 aromatic carbocycles. The van der Waals surface area contributed by atoms with Crippen LogP contribution in [-0.2, 0) is 23.8 Å². The van der Waals surface area contributed by atoms with E-state index >= 15 is 0 Å². The molecule has 1 rings (SSSR count). The minimum Gasteiger partial charge on any atom is -0.454 e. The van der Waals surface area contributed by atoms with Crippen LogP contribution >= 0.6 is 0 Å². The van der Waals surface area contributed by atoms with E-state index in [4.69, 9.17) is 14.2 Å². The van der Waals surface area contributed by atoms with E-state index in [0.29, 0.717) is 12.8 Å². The van der Waals surface area contributed by atoms with Crippen LogP contribution in [-0.4, -0.2) is 99.6 Å². The molecule has 484 valence electrons. The molecule has 8 unspecified atom stereocenters. The number of hydrogen-bond acceptors (Lipinski definition) is 10. The molecular weight excluding hydrogens is 1060 g/mol. The van der Waals surface area contributed by atoms with E-state index in [2.05, 4.69) is 135 Å². The van der Waals surface area contributed by atoms with Crippen molar-refractivity contribution in [3.8, 4) is 0 Å². The third kappa shape index (κ3) is 47.5. The number of nitrogens with one attached hydrogen (secondary N) is 1. The number of aliphatic hydroxyl groups excluding tert-OH is 5. The molecule has 0 spiro atoms. The van der Waals surface area contributed by atoms with Crippen molar-refractivity contribution >= 4 is 11.9 Å². The van der Waals surface area contributed by atoms with Gasteiger partial charge in [-0.15, -0.1) is 0 Å². The molecule has 0 aromatic heterocycles. The molecule has 0 radical (unpaired) electrons. The number of carbonyl (C=O) groups is 2. The lowest BCUT2D eigenvalue weighted by Gasteiger charge is -2.41. The first-order valence-corrected chi connectivity index (χ1v) is 34.0. The first-order valence-electron chi connectivity index (χ1n) is 34.0. The molecule has 1 aliphatic heterocycles. The van der Waals surface area contributed by atoms with Gasteiger partial charge in [0, 0.05) is 6.42 Å². The Morgan fingerprint density at radius 3 is 1.27 bits per heavy atom. The van der Waals surface area contributed by atoms with Crippen molar-refractivity contribution in [1.82, 2.24) is 5.32 Å². The minimum atomic E-state index is -1.63. The van der Waals surface area contributed by atoms with Crippen molar-refractivity contribution in [2.75, 3.05) is 13.2 Å². The summed E-state index contributed by atoms with van der Waals surface area (Å²) < 4.78 is 17.6. The maximum Gasteiger partial charge on any atom is 0.306 e. The Bertz CT molecular complexity index is 1890. The van der Waals surface area contributed by atoms with Crippen molar-refractivity contribution < 1.29 is 49.3 Å². The summed E-state index contributed by atoms with van der Waals surface area (Å²) in [7, 11) is 0. The van der Waals surface area contributed by atoms with Gasteiger partial charge < -0.3 is 45.1 Å². The molecule has 11 nitrogen and oxygen atoms in total. The second-order valence-corrected chi connectivity index (χ2v) is 22.8. The lowest BCUT2D eigenvalue weighted by molar-refractivity contribution is -0.305. The Labute approximate surface area is 518 Å². The SMILES string of the molecule is CC/C=C\C/C=C\C/C=C\C/C=C\C/C=C\CCCCCCCCCCCCCC(=O)OC1C(OCC(NC(=O)C(O)CC/C=C\C/C=C\C/C=C\C/C=C\C/C=C\CC)C(O)/C=C/CCCCCCCCCCCCC)OC(CO)C(O)C1O. The summed E-state index contributed by atoms with van der Waals surface area (Å²) in [4.78, 5) is 26.6. The quantitative estimate of drug-likeness (QED) is 0.0195. The summed E-state index contributed by atoms with van der Waals surface area (Å²) in [6.07, 6.45) is 75.0. The second kappa shape index (κ2) is 60.1. The number of ether oxygens (including phenoxy) is 3. The van der Waals surface area contributed by atoms with Crippen molar-refractivity contribution in [2.24, 2.45) is 0 Å². The minimum absolute atomic E-state index is 0.105. The van der Waals surface area contributed by atoms with Crippen LogP contribution in [0.3, 0.4) is 0 Å². The first-order chi connectivity index (χ1) is 41.7. The van der Waals surface area contributed by atoms with Crippen LogP contribution < -0.4 is 5.32 Å². The van der Waals surface area contributed by atoms with Crippen LogP contribution in [0.2, 0.25) is 0 Å². The van der Waals surface area contributed by atoms with Gasteiger partial charge in [0.25, 0.3) is 0 Å². The average molecular weight is 1190 g/mol. The molecule has 6 N–H and O–H groups in total. The van der Waals surface area contributed by atoms with Crippen LogP contribution in [0, 0.1) is 0 Å². The lowest BCUT2D eigenvalue weighted by atomic mass is 9.99. The fourth-order valence-corrected chi connectivity index (χ4v) is 9.77. The molecule has 0 bridgehead atoms. The molecule has 1 fully saturated rings. The first kappa shape index (κ1) is 78.8. The van der Waals surface area contributed by atoms with Crippen LogP contribution in [0.5, 0.6) is 0 Å². The molecule has 1 heterocycles. The summed E-state index contributed by atoms with van der Waals surface area (Å²) in [5.74, 6) is -1.27. The van der Waals surface area contributed by atoms with Gasteiger partial charge in [0.15, 0.2) is 12.4 Å². The third-order valence-electron chi connectivity index (χ3n) is 15.1. The average Bonchev–Trinajstić information content (AvgIpc) is 2.50. The number of esters is 1. The van der Waals surface area contributed by atoms with Gasteiger partial charge in [-0.05, 0) is 109 Å². The van der Waals surface area contributed by atoms with Gasteiger partial charge in [0.1, 0.15) is 24.4 Å². The smallest absolute Gasteiger partial charge is 0.306 e. The molecule has 1 aliphatic rings. The van der Waals surface area contributed by atoms with Crippen molar-refractivity contribution in [2.45, 2.75) is 307 Å². The summed E-state index contributed by atoms with van der Waals surface area (Å²) in [5, 5.41) is 57.1. The Kier molecular flexibility index (Phi) is 55.7. The number of hydrogen-bond donors (Lipinski definition) is 6. The highest BCUT2D eigenvalue weighted by Gasteiger charge is 2.47. The largest absolute Gasteiger partial charge is 0.454 e. The molecule has 1 saturated heterocycles. The standard InChI is InChI=1S/C74H123NO10/c1-4-7-10-13-16-19-22-25-27-29-30-31-32-33-34-35-36-37-38-39-41-44-47-50-53-56-59-62-69(79)85-72-71(81)70(80)68(63-76)84-74(72)83-64-65(66(77)60-57-54-51-48-45-42-24-21-18-15-12-9-6-3)75-73(82)67(78)61-58-55-52-49-46-43-40-28-26-23-20-17-14-11-8-5-2/h7-8,10-11,16-17,19-20,25-28,30-31,33-34,43,46,52,55,57,60,65-68,70-72,74,76-78,80-81H,4-6,9,12-15,18,21-24,29,32,35-42,44-45,47-51,53-54,56,58-59,61-64H2,1-3H3,(H,75,82)/b10-7-,11-8-,19-16-,20-17-,27-25-,28-26-,31-30-,34-33-,46-43-,55-52-,60-57+. The highest BCUT2D eigenvalue weighted by atomic mass is 16.7. The van der Waals surface area contributed by atoms with Crippen LogP contribution in [0.25, 0.3) is 0 Å². The molecule has 11 heteroatoms. The molecule has 0 aliphatic carbocycles. The van der Waals surface area contributed by atoms with Gasteiger partial charge in [-0.2, -0.15) is 0 Å². The maximum absolute atomic E-state index is 13.4. The van der Waals surface area contributed by atoms with Gasteiger partial charge in [-0.25, -0.2) is 0 Å². The van der Waals surface area contributed by atoms with Gasteiger partial charge in [0.05, 0.1) is 25.4 Å². The number of carbonyl (C=O) groups excluding carboxylic acids is 2. The highest BCUT2D eigenvalue weighted by molar-refractivity contribution is 5.80. The maximum atomic E-state index is 13.4. The van der Waals surface area contributed by atoms with E-state index in [-0.39, 0.29) is 19.4 Å².